The Morgan fingerprint density at radius 1 is 1.30 bits per heavy atom. The smallest absolute Gasteiger partial charge is 0.0642 e. The Balaban J connectivity index is 2.07. The summed E-state index contributed by atoms with van der Waals surface area (Å²) in [6.07, 6.45) is 1.09. The van der Waals surface area contributed by atoms with Crippen LogP contribution in [0.4, 0.5) is 5.69 Å². The summed E-state index contributed by atoms with van der Waals surface area (Å²) < 4.78 is 0. The summed E-state index contributed by atoms with van der Waals surface area (Å²) in [4.78, 5) is 4.62. The van der Waals surface area contributed by atoms with Gasteiger partial charge in [0.25, 0.3) is 0 Å². The van der Waals surface area contributed by atoms with Crippen LogP contribution < -0.4 is 10.6 Å². The topological polar surface area (TPSA) is 52.7 Å². The summed E-state index contributed by atoms with van der Waals surface area (Å²) in [7, 11) is 0. The molecule has 0 aliphatic carbocycles. The quantitative estimate of drug-likeness (QED) is 0.891. The van der Waals surface area contributed by atoms with Crippen LogP contribution in [0.25, 0.3) is 0 Å². The fourth-order valence-corrected chi connectivity index (χ4v) is 2.95. The van der Waals surface area contributed by atoms with Crippen molar-refractivity contribution < 1.29 is 5.11 Å². The van der Waals surface area contributed by atoms with Gasteiger partial charge >= 0.3 is 0 Å². The number of hydrogen-bond donors (Lipinski definition) is 2. The van der Waals surface area contributed by atoms with E-state index < -0.39 is 0 Å². The van der Waals surface area contributed by atoms with Gasteiger partial charge in [-0.25, -0.2) is 0 Å². The van der Waals surface area contributed by atoms with Crippen LogP contribution in [-0.4, -0.2) is 49.3 Å². The molecule has 1 aliphatic rings. The van der Waals surface area contributed by atoms with Crippen molar-refractivity contribution in [3.8, 4) is 0 Å². The van der Waals surface area contributed by atoms with E-state index in [4.69, 9.17) is 22.4 Å². The fraction of sp³-hybridized carbons (Fsp3) is 0.600. The number of aliphatic hydroxyl groups is 1. The van der Waals surface area contributed by atoms with E-state index in [1.54, 1.807) is 0 Å². The maximum Gasteiger partial charge on any atom is 0.0642 e. The molecule has 0 amide bonds. The van der Waals surface area contributed by atoms with Crippen LogP contribution in [-0.2, 0) is 0 Å². The van der Waals surface area contributed by atoms with E-state index in [0.29, 0.717) is 0 Å². The zero-order valence-electron chi connectivity index (χ0n) is 12.1. The number of hydrogen-bond acceptors (Lipinski definition) is 4. The highest BCUT2D eigenvalue weighted by Gasteiger charge is 2.17. The second-order valence-electron chi connectivity index (χ2n) is 5.41. The number of halogens is 1. The zero-order valence-corrected chi connectivity index (χ0v) is 12.8. The van der Waals surface area contributed by atoms with Gasteiger partial charge in [0.05, 0.1) is 17.3 Å². The lowest BCUT2D eigenvalue weighted by atomic mass is 10.1. The first-order valence-corrected chi connectivity index (χ1v) is 7.63. The highest BCUT2D eigenvalue weighted by Crippen LogP contribution is 2.29. The minimum Gasteiger partial charge on any atom is -0.395 e. The van der Waals surface area contributed by atoms with Gasteiger partial charge in [0.2, 0.25) is 0 Å². The second-order valence-corrected chi connectivity index (χ2v) is 5.81. The van der Waals surface area contributed by atoms with Crippen LogP contribution in [0.15, 0.2) is 18.2 Å². The third-order valence-electron chi connectivity index (χ3n) is 3.84. The number of anilines is 1. The molecule has 20 heavy (non-hydrogen) atoms. The third kappa shape index (κ3) is 3.85. The first kappa shape index (κ1) is 15.6. The number of benzene rings is 1. The Labute approximate surface area is 126 Å². The van der Waals surface area contributed by atoms with E-state index in [9.17, 15) is 0 Å². The van der Waals surface area contributed by atoms with Crippen molar-refractivity contribution >= 4 is 17.3 Å². The third-order valence-corrected chi connectivity index (χ3v) is 4.15. The van der Waals surface area contributed by atoms with E-state index in [0.717, 1.165) is 55.4 Å². The van der Waals surface area contributed by atoms with Gasteiger partial charge in [-0.15, -0.1) is 0 Å². The molecule has 2 rings (SSSR count). The van der Waals surface area contributed by atoms with Gasteiger partial charge in [-0.1, -0.05) is 17.7 Å². The molecule has 0 radical (unpaired) electrons. The molecule has 1 fully saturated rings. The van der Waals surface area contributed by atoms with Crippen molar-refractivity contribution in [3.05, 3.63) is 28.8 Å². The van der Waals surface area contributed by atoms with Crippen LogP contribution in [0.1, 0.15) is 24.9 Å². The highest BCUT2D eigenvalue weighted by molar-refractivity contribution is 6.33. The molecular weight excluding hydrogens is 274 g/mol. The first-order chi connectivity index (χ1) is 9.61. The van der Waals surface area contributed by atoms with E-state index in [1.807, 2.05) is 13.0 Å². The number of nitrogens with two attached hydrogens (primary N) is 1. The van der Waals surface area contributed by atoms with E-state index in [1.165, 1.54) is 0 Å². The van der Waals surface area contributed by atoms with E-state index >= 15 is 0 Å². The number of β-amino-alcohol motifs (C(OH)–C–C–N with tert-alkyl or cyclic N) is 1. The molecule has 112 valence electrons. The van der Waals surface area contributed by atoms with Crippen molar-refractivity contribution in [3.63, 3.8) is 0 Å². The minimum atomic E-state index is 0.00530. The average molecular weight is 298 g/mol. The molecule has 1 atom stereocenters. The summed E-state index contributed by atoms with van der Waals surface area (Å²) in [5, 5.41) is 9.81. The average Bonchev–Trinajstić information content (AvgIpc) is 2.65. The number of nitrogens with zero attached hydrogens (tertiary/aromatic N) is 2. The zero-order chi connectivity index (χ0) is 14.5. The summed E-state index contributed by atoms with van der Waals surface area (Å²) >= 11 is 6.41. The summed E-state index contributed by atoms with van der Waals surface area (Å²) in [5.74, 6) is 0. The van der Waals surface area contributed by atoms with Gasteiger partial charge in [0.1, 0.15) is 0 Å². The number of aliphatic hydroxyl groups excluding tert-OH is 1. The molecule has 1 heterocycles. The molecule has 0 bridgehead atoms. The summed E-state index contributed by atoms with van der Waals surface area (Å²) in [5.41, 5.74) is 8.04. The molecule has 1 aromatic rings. The van der Waals surface area contributed by atoms with Crippen molar-refractivity contribution in [2.24, 2.45) is 5.73 Å². The molecule has 0 unspecified atom stereocenters. The molecule has 4 nitrogen and oxygen atoms in total. The van der Waals surface area contributed by atoms with Crippen LogP contribution >= 0.6 is 11.6 Å². The van der Waals surface area contributed by atoms with Crippen molar-refractivity contribution in [1.82, 2.24) is 4.90 Å². The minimum absolute atomic E-state index is 0.00530. The van der Waals surface area contributed by atoms with Gasteiger partial charge in [-0.3, -0.25) is 4.90 Å². The van der Waals surface area contributed by atoms with Gasteiger partial charge < -0.3 is 15.7 Å². The van der Waals surface area contributed by atoms with Crippen molar-refractivity contribution in [1.29, 1.82) is 0 Å². The standard InChI is InChI=1S/C15H24ClN3O/c1-12(17)13-3-4-15(14(16)11-13)19-6-2-5-18(7-8-19)9-10-20/h3-4,11-12,20H,2,5-10,17H2,1H3/t12-/m0/s1. The largest absolute Gasteiger partial charge is 0.395 e. The summed E-state index contributed by atoms with van der Waals surface area (Å²) in [6, 6.07) is 6.11. The first-order valence-electron chi connectivity index (χ1n) is 7.25. The second kappa shape index (κ2) is 7.27. The highest BCUT2D eigenvalue weighted by atomic mass is 35.5. The molecule has 1 saturated heterocycles. The monoisotopic (exact) mass is 297 g/mol. The van der Waals surface area contributed by atoms with Crippen molar-refractivity contribution in [2.45, 2.75) is 19.4 Å². The van der Waals surface area contributed by atoms with E-state index in [-0.39, 0.29) is 12.6 Å². The van der Waals surface area contributed by atoms with E-state index in [2.05, 4.69) is 21.9 Å². The Morgan fingerprint density at radius 3 is 2.75 bits per heavy atom. The maximum atomic E-state index is 9.03. The lowest BCUT2D eigenvalue weighted by Gasteiger charge is -2.25. The Kier molecular flexibility index (Phi) is 5.66. The fourth-order valence-electron chi connectivity index (χ4n) is 2.64. The predicted octanol–water partition coefficient (Wildman–Crippen LogP) is 1.86. The molecule has 1 aromatic carbocycles. The SMILES string of the molecule is C[C@H](N)c1ccc(N2CCCN(CCO)CC2)c(Cl)c1. The Bertz CT molecular complexity index is 439. The van der Waals surface area contributed by atoms with Crippen LogP contribution in [0.2, 0.25) is 5.02 Å². The van der Waals surface area contributed by atoms with Crippen LogP contribution in [0, 0.1) is 0 Å². The van der Waals surface area contributed by atoms with Gasteiger partial charge in [0.15, 0.2) is 0 Å². The van der Waals surface area contributed by atoms with Crippen molar-refractivity contribution in [2.75, 3.05) is 44.2 Å². The molecule has 3 N–H and O–H groups in total. The molecule has 5 heteroatoms. The van der Waals surface area contributed by atoms with Crippen LogP contribution in [0.3, 0.4) is 0 Å². The van der Waals surface area contributed by atoms with Gasteiger partial charge in [0, 0.05) is 32.2 Å². The Hall–Kier alpha value is -0.810. The molecule has 0 spiro atoms. The number of rotatable bonds is 4. The molecule has 1 aliphatic heterocycles. The molecule has 0 saturated carbocycles. The van der Waals surface area contributed by atoms with Crippen LogP contribution in [0.5, 0.6) is 0 Å². The van der Waals surface area contributed by atoms with Gasteiger partial charge in [-0.2, -0.15) is 0 Å². The van der Waals surface area contributed by atoms with Gasteiger partial charge in [-0.05, 0) is 37.6 Å². The molecular formula is C15H24ClN3O. The summed E-state index contributed by atoms with van der Waals surface area (Å²) in [6.45, 7) is 6.88. The maximum absolute atomic E-state index is 9.03. The normalized spacial score (nSPS) is 18.9. The molecule has 0 aromatic heterocycles. The lowest BCUT2D eigenvalue weighted by Crippen LogP contribution is -2.32. The lowest BCUT2D eigenvalue weighted by molar-refractivity contribution is 0.204. The predicted molar refractivity (Wildman–Crippen MR) is 84.4 cm³/mol. The Morgan fingerprint density at radius 2 is 2.10 bits per heavy atom.